The van der Waals surface area contributed by atoms with Gasteiger partial charge in [-0.25, -0.2) is 0 Å². The van der Waals surface area contributed by atoms with Gasteiger partial charge < -0.3 is 9.80 Å². The molecule has 2 atom stereocenters. The van der Waals surface area contributed by atoms with Crippen molar-refractivity contribution in [3.8, 4) is 0 Å². The monoisotopic (exact) mass is 382 g/mol. The van der Waals surface area contributed by atoms with Crippen LogP contribution in [-0.4, -0.2) is 58.7 Å². The Morgan fingerprint density at radius 3 is 2.07 bits per heavy atom. The molecule has 1 aromatic rings. The summed E-state index contributed by atoms with van der Waals surface area (Å²) >= 11 is 0. The predicted octanol–water partition coefficient (Wildman–Crippen LogP) is 2.72. The Labute approximate surface area is 155 Å². The molecule has 2 aliphatic heterocycles. The third-order valence-electron chi connectivity index (χ3n) is 5.22. The molecule has 0 saturated carbocycles. The standard InChI is InChI=1S/C19H21F3N2O3/c1-12-6-8-13(9-7-12)16(25)14-4-2-10-23(14)17(26)15-5-3-11-24(15)18(27)19(20,21)22/h6-9,14-15H,2-5,10-11H2,1H3. The summed E-state index contributed by atoms with van der Waals surface area (Å²) in [6, 6.07) is 5.14. The normalized spacial score (nSPS) is 23.0. The molecule has 3 rings (SSSR count). The van der Waals surface area contributed by atoms with E-state index in [2.05, 4.69) is 0 Å². The number of halogens is 3. The molecule has 2 unspecified atom stereocenters. The fraction of sp³-hybridized carbons (Fsp3) is 0.526. The molecule has 2 aliphatic rings. The zero-order valence-electron chi connectivity index (χ0n) is 15.0. The number of hydrogen-bond donors (Lipinski definition) is 0. The van der Waals surface area contributed by atoms with Crippen molar-refractivity contribution in [1.29, 1.82) is 0 Å². The fourth-order valence-corrected chi connectivity index (χ4v) is 3.83. The molecule has 0 N–H and O–H groups in total. The van der Waals surface area contributed by atoms with E-state index in [1.165, 1.54) is 4.90 Å². The first kappa shape index (κ1) is 19.4. The second-order valence-corrected chi connectivity index (χ2v) is 7.07. The van der Waals surface area contributed by atoms with Crippen molar-refractivity contribution in [2.24, 2.45) is 0 Å². The predicted molar refractivity (Wildman–Crippen MR) is 91.0 cm³/mol. The van der Waals surface area contributed by atoms with Crippen LogP contribution in [0.5, 0.6) is 0 Å². The lowest BCUT2D eigenvalue weighted by molar-refractivity contribution is -0.187. The number of amides is 2. The molecule has 2 fully saturated rings. The fourth-order valence-electron chi connectivity index (χ4n) is 3.83. The second kappa shape index (κ2) is 7.32. The SMILES string of the molecule is Cc1ccc(C(=O)C2CCCN2C(=O)C2CCCN2C(=O)C(F)(F)F)cc1. The van der Waals surface area contributed by atoms with Crippen LogP contribution < -0.4 is 0 Å². The zero-order chi connectivity index (χ0) is 19.8. The Kier molecular flexibility index (Phi) is 5.26. The Bertz CT molecular complexity index is 746. The van der Waals surface area contributed by atoms with E-state index in [0.29, 0.717) is 36.3 Å². The molecular formula is C19H21F3N2O3. The molecule has 2 amide bonds. The van der Waals surface area contributed by atoms with Gasteiger partial charge in [-0.3, -0.25) is 14.4 Å². The lowest BCUT2D eigenvalue weighted by atomic mass is 10.0. The molecule has 2 heterocycles. The quantitative estimate of drug-likeness (QED) is 0.756. The lowest BCUT2D eigenvalue weighted by Crippen LogP contribution is -2.53. The summed E-state index contributed by atoms with van der Waals surface area (Å²) in [6.07, 6.45) is -3.41. The van der Waals surface area contributed by atoms with E-state index < -0.39 is 30.1 Å². The third-order valence-corrected chi connectivity index (χ3v) is 5.22. The summed E-state index contributed by atoms with van der Waals surface area (Å²) < 4.78 is 38.4. The molecular weight excluding hydrogens is 361 g/mol. The van der Waals surface area contributed by atoms with Crippen LogP contribution in [0.15, 0.2) is 24.3 Å². The van der Waals surface area contributed by atoms with Crippen molar-refractivity contribution in [2.45, 2.75) is 50.9 Å². The largest absolute Gasteiger partial charge is 0.471 e. The molecule has 0 aliphatic carbocycles. The smallest absolute Gasteiger partial charge is 0.330 e. The number of benzene rings is 1. The highest BCUT2D eigenvalue weighted by atomic mass is 19.4. The molecule has 0 radical (unpaired) electrons. The van der Waals surface area contributed by atoms with Gasteiger partial charge in [0.2, 0.25) is 5.91 Å². The third kappa shape index (κ3) is 3.84. The van der Waals surface area contributed by atoms with Crippen molar-refractivity contribution >= 4 is 17.6 Å². The number of rotatable bonds is 3. The lowest BCUT2D eigenvalue weighted by Gasteiger charge is -2.31. The minimum Gasteiger partial charge on any atom is -0.330 e. The molecule has 5 nitrogen and oxygen atoms in total. The minimum atomic E-state index is -5.01. The van der Waals surface area contributed by atoms with Gasteiger partial charge in [0.15, 0.2) is 5.78 Å². The number of aryl methyl sites for hydroxylation is 1. The van der Waals surface area contributed by atoms with Crippen LogP contribution in [0.3, 0.4) is 0 Å². The van der Waals surface area contributed by atoms with E-state index in [1.54, 1.807) is 24.3 Å². The molecule has 0 aromatic heterocycles. The molecule has 0 spiro atoms. The van der Waals surface area contributed by atoms with Crippen molar-refractivity contribution < 1.29 is 27.6 Å². The number of Topliss-reactive ketones (excluding diaryl/α,β-unsaturated/α-hetero) is 1. The minimum absolute atomic E-state index is 0.0981. The Morgan fingerprint density at radius 2 is 1.48 bits per heavy atom. The van der Waals surface area contributed by atoms with E-state index in [1.807, 2.05) is 6.92 Å². The summed E-state index contributed by atoms with van der Waals surface area (Å²) in [5, 5.41) is 0. The number of nitrogens with zero attached hydrogens (tertiary/aromatic N) is 2. The highest BCUT2D eigenvalue weighted by Crippen LogP contribution is 2.29. The van der Waals surface area contributed by atoms with Crippen molar-refractivity contribution in [2.75, 3.05) is 13.1 Å². The first-order valence-electron chi connectivity index (χ1n) is 8.99. The molecule has 146 valence electrons. The Balaban J connectivity index is 1.78. The summed E-state index contributed by atoms with van der Waals surface area (Å²) in [5.41, 5.74) is 1.47. The van der Waals surface area contributed by atoms with E-state index in [4.69, 9.17) is 0 Å². The van der Waals surface area contributed by atoms with Gasteiger partial charge in [-0.15, -0.1) is 0 Å². The molecule has 27 heavy (non-hydrogen) atoms. The van der Waals surface area contributed by atoms with Gasteiger partial charge in [0.1, 0.15) is 6.04 Å². The molecule has 8 heteroatoms. The van der Waals surface area contributed by atoms with Gasteiger partial charge in [-0.1, -0.05) is 29.8 Å². The van der Waals surface area contributed by atoms with E-state index in [9.17, 15) is 27.6 Å². The number of hydrogen-bond acceptors (Lipinski definition) is 3. The van der Waals surface area contributed by atoms with Crippen LogP contribution in [0.2, 0.25) is 0 Å². The van der Waals surface area contributed by atoms with Crippen molar-refractivity contribution in [3.63, 3.8) is 0 Å². The molecule has 0 bridgehead atoms. The van der Waals surface area contributed by atoms with Crippen molar-refractivity contribution in [1.82, 2.24) is 9.80 Å². The van der Waals surface area contributed by atoms with Crippen LogP contribution in [0.1, 0.15) is 41.6 Å². The van der Waals surface area contributed by atoms with E-state index in [-0.39, 0.29) is 18.7 Å². The van der Waals surface area contributed by atoms with Crippen LogP contribution in [-0.2, 0) is 9.59 Å². The van der Waals surface area contributed by atoms with Gasteiger partial charge >= 0.3 is 12.1 Å². The van der Waals surface area contributed by atoms with E-state index in [0.717, 1.165) is 5.56 Å². The van der Waals surface area contributed by atoms with Gasteiger partial charge in [-0.05, 0) is 32.6 Å². The second-order valence-electron chi connectivity index (χ2n) is 7.07. The summed E-state index contributed by atoms with van der Waals surface area (Å²) in [4.78, 5) is 39.3. The summed E-state index contributed by atoms with van der Waals surface area (Å²) in [6.45, 7) is 2.11. The first-order chi connectivity index (χ1) is 12.7. The summed E-state index contributed by atoms with van der Waals surface area (Å²) in [5.74, 6) is -2.76. The highest BCUT2D eigenvalue weighted by Gasteiger charge is 2.49. The van der Waals surface area contributed by atoms with Crippen LogP contribution in [0.25, 0.3) is 0 Å². The topological polar surface area (TPSA) is 57.7 Å². The number of carbonyl (C=O) groups is 3. The van der Waals surface area contributed by atoms with Crippen LogP contribution in [0.4, 0.5) is 13.2 Å². The number of ketones is 1. The van der Waals surface area contributed by atoms with Gasteiger partial charge in [-0.2, -0.15) is 13.2 Å². The van der Waals surface area contributed by atoms with Crippen molar-refractivity contribution in [3.05, 3.63) is 35.4 Å². The first-order valence-corrected chi connectivity index (χ1v) is 8.99. The number of likely N-dealkylation sites (tertiary alicyclic amines) is 2. The Morgan fingerprint density at radius 1 is 0.926 bits per heavy atom. The molecule has 2 saturated heterocycles. The van der Waals surface area contributed by atoms with Gasteiger partial charge in [0.05, 0.1) is 6.04 Å². The maximum atomic E-state index is 12.9. The number of alkyl halides is 3. The highest BCUT2D eigenvalue weighted by molar-refractivity contribution is 6.03. The average Bonchev–Trinajstić information content (AvgIpc) is 3.29. The maximum Gasteiger partial charge on any atom is 0.471 e. The van der Waals surface area contributed by atoms with Crippen LogP contribution in [0, 0.1) is 6.92 Å². The number of carbonyl (C=O) groups excluding carboxylic acids is 3. The van der Waals surface area contributed by atoms with E-state index >= 15 is 0 Å². The zero-order valence-corrected chi connectivity index (χ0v) is 15.0. The van der Waals surface area contributed by atoms with Gasteiger partial charge in [0.25, 0.3) is 0 Å². The molecule has 1 aromatic carbocycles. The Hall–Kier alpha value is -2.38. The van der Waals surface area contributed by atoms with Gasteiger partial charge in [0, 0.05) is 18.7 Å². The van der Waals surface area contributed by atoms with Crippen LogP contribution >= 0.6 is 0 Å². The maximum absolute atomic E-state index is 12.9. The summed E-state index contributed by atoms with van der Waals surface area (Å²) in [7, 11) is 0. The average molecular weight is 382 g/mol.